The van der Waals surface area contributed by atoms with E-state index in [2.05, 4.69) is 0 Å². The van der Waals surface area contributed by atoms with Crippen molar-refractivity contribution < 1.29 is 19.2 Å². The summed E-state index contributed by atoms with van der Waals surface area (Å²) in [5, 5.41) is 19.0. The first kappa shape index (κ1) is 13.6. The van der Waals surface area contributed by atoms with Crippen LogP contribution >= 0.6 is 0 Å². The van der Waals surface area contributed by atoms with Crippen LogP contribution in [0.5, 0.6) is 0 Å². The van der Waals surface area contributed by atoms with Gasteiger partial charge in [0.25, 0.3) is 0 Å². The first-order valence-electron chi connectivity index (χ1n) is 5.77. The Hall–Kier alpha value is -0.420. The summed E-state index contributed by atoms with van der Waals surface area (Å²) in [5.74, 6) is -0.200. The average molecular weight is 248 g/mol. The highest BCUT2D eigenvalue weighted by Crippen LogP contribution is 2.32. The van der Waals surface area contributed by atoms with Crippen molar-refractivity contribution in [3.05, 3.63) is 0 Å². The van der Waals surface area contributed by atoms with Gasteiger partial charge in [-0.25, -0.2) is 0 Å². The Kier molecular flexibility index (Phi) is 4.92. The average Bonchev–Trinajstić information content (AvgIpc) is 2.17. The van der Waals surface area contributed by atoms with Crippen LogP contribution in [0, 0.1) is 5.92 Å². The third kappa shape index (κ3) is 3.87. The fourth-order valence-corrected chi connectivity index (χ4v) is 3.63. The van der Waals surface area contributed by atoms with Crippen molar-refractivity contribution in [2.24, 2.45) is 5.92 Å². The first-order valence-corrected chi connectivity index (χ1v) is 7.26. The molecule has 1 atom stereocenters. The van der Waals surface area contributed by atoms with Gasteiger partial charge in [-0.2, -0.15) is 0 Å². The molecule has 2 N–H and O–H groups in total. The van der Waals surface area contributed by atoms with E-state index in [0.717, 1.165) is 6.42 Å². The van der Waals surface area contributed by atoms with Gasteiger partial charge in [-0.3, -0.25) is 9.00 Å². The molecule has 0 bridgehead atoms. The predicted molar refractivity (Wildman–Crippen MR) is 62.7 cm³/mol. The van der Waals surface area contributed by atoms with Crippen LogP contribution in [0.1, 0.15) is 39.0 Å². The quantitative estimate of drug-likeness (QED) is 0.765. The highest BCUT2D eigenvalue weighted by atomic mass is 32.2. The number of hydrogen-bond donors (Lipinski definition) is 2. The van der Waals surface area contributed by atoms with Crippen LogP contribution in [0.4, 0.5) is 0 Å². The van der Waals surface area contributed by atoms with E-state index >= 15 is 0 Å². The summed E-state index contributed by atoms with van der Waals surface area (Å²) in [5.41, 5.74) is -0.897. The van der Waals surface area contributed by atoms with Gasteiger partial charge in [-0.15, -0.1) is 0 Å². The second-order valence-corrected chi connectivity index (χ2v) is 6.20. The second-order valence-electron chi connectivity index (χ2n) is 4.63. The number of rotatable bonds is 5. The lowest BCUT2D eigenvalue weighted by Crippen LogP contribution is -2.41. The van der Waals surface area contributed by atoms with Gasteiger partial charge < -0.3 is 10.2 Å². The summed E-state index contributed by atoms with van der Waals surface area (Å²) in [6.45, 7) is 1.96. The Balaban J connectivity index is 2.43. The van der Waals surface area contributed by atoms with Gasteiger partial charge >= 0.3 is 5.97 Å². The van der Waals surface area contributed by atoms with Crippen molar-refractivity contribution in [2.45, 2.75) is 44.6 Å². The number of carboxylic acids is 1. The molecule has 16 heavy (non-hydrogen) atoms. The van der Waals surface area contributed by atoms with Crippen LogP contribution in [0.15, 0.2) is 0 Å². The zero-order chi connectivity index (χ0) is 12.2. The molecule has 1 aliphatic rings. The van der Waals surface area contributed by atoms with Gasteiger partial charge in [0.1, 0.15) is 0 Å². The van der Waals surface area contributed by atoms with E-state index in [1.165, 1.54) is 0 Å². The molecule has 0 heterocycles. The Morgan fingerprint density at radius 2 is 2.00 bits per heavy atom. The lowest BCUT2D eigenvalue weighted by Gasteiger charge is -2.34. The number of hydrogen-bond acceptors (Lipinski definition) is 3. The van der Waals surface area contributed by atoms with Crippen LogP contribution in [-0.2, 0) is 15.6 Å². The molecule has 4 nitrogen and oxygen atoms in total. The zero-order valence-corrected chi connectivity index (χ0v) is 10.5. The van der Waals surface area contributed by atoms with Crippen molar-refractivity contribution in [3.63, 3.8) is 0 Å². The molecule has 0 aromatic rings. The monoisotopic (exact) mass is 248 g/mol. The van der Waals surface area contributed by atoms with E-state index < -0.39 is 22.4 Å². The molecule has 94 valence electrons. The van der Waals surface area contributed by atoms with E-state index in [0.29, 0.717) is 37.2 Å². The Morgan fingerprint density at radius 3 is 2.44 bits per heavy atom. The first-order chi connectivity index (χ1) is 7.47. The molecular weight excluding hydrogens is 228 g/mol. The van der Waals surface area contributed by atoms with Crippen LogP contribution < -0.4 is 0 Å². The maximum atomic E-state index is 11.6. The highest BCUT2D eigenvalue weighted by Gasteiger charge is 2.36. The van der Waals surface area contributed by atoms with Gasteiger partial charge in [0, 0.05) is 16.6 Å². The smallest absolute Gasteiger partial charge is 0.306 e. The molecule has 0 aromatic heterocycles. The van der Waals surface area contributed by atoms with Crippen molar-refractivity contribution in [1.82, 2.24) is 0 Å². The zero-order valence-electron chi connectivity index (χ0n) is 9.65. The lowest BCUT2D eigenvalue weighted by atomic mass is 9.80. The number of carboxylic acid groups (broad SMARTS) is 1. The molecular formula is C11H20O4S. The Bertz CT molecular complexity index is 269. The number of aliphatic hydroxyl groups is 1. The molecule has 1 unspecified atom stereocenters. The molecule has 1 fully saturated rings. The fourth-order valence-electron chi connectivity index (χ4n) is 2.15. The van der Waals surface area contributed by atoms with Crippen LogP contribution in [0.25, 0.3) is 0 Å². The minimum Gasteiger partial charge on any atom is -0.481 e. The lowest BCUT2D eigenvalue weighted by molar-refractivity contribution is -0.144. The van der Waals surface area contributed by atoms with Gasteiger partial charge in [0.2, 0.25) is 0 Å². The maximum absolute atomic E-state index is 11.6. The van der Waals surface area contributed by atoms with Crippen LogP contribution in [-0.4, -0.2) is 37.5 Å². The minimum absolute atomic E-state index is 0.299. The largest absolute Gasteiger partial charge is 0.481 e. The summed E-state index contributed by atoms with van der Waals surface area (Å²) in [6, 6.07) is 0. The summed E-state index contributed by atoms with van der Waals surface area (Å²) >= 11 is 0. The molecule has 1 aliphatic carbocycles. The molecule has 1 rings (SSSR count). The summed E-state index contributed by atoms with van der Waals surface area (Å²) in [6.07, 6.45) is 2.75. The molecule has 0 spiro atoms. The van der Waals surface area contributed by atoms with Crippen LogP contribution in [0.3, 0.4) is 0 Å². The van der Waals surface area contributed by atoms with E-state index in [1.54, 1.807) is 0 Å². The van der Waals surface area contributed by atoms with Gasteiger partial charge in [0.05, 0.1) is 17.3 Å². The predicted octanol–water partition coefficient (Wildman–Crippen LogP) is 1.15. The van der Waals surface area contributed by atoms with Crippen molar-refractivity contribution in [1.29, 1.82) is 0 Å². The second kappa shape index (κ2) is 5.77. The SMILES string of the molecule is CCCS(=O)CC1(O)CCC(C(=O)O)CC1. The molecule has 0 aliphatic heterocycles. The Morgan fingerprint density at radius 1 is 1.44 bits per heavy atom. The van der Waals surface area contributed by atoms with Crippen LogP contribution in [0.2, 0.25) is 0 Å². The van der Waals surface area contributed by atoms with Crippen molar-refractivity contribution in [3.8, 4) is 0 Å². The standard InChI is InChI=1S/C11H20O4S/c1-2-7-16(15)8-11(14)5-3-9(4-6-11)10(12)13/h9,14H,2-8H2,1H3,(H,12,13). The number of aliphatic carboxylic acids is 1. The van der Waals surface area contributed by atoms with Gasteiger partial charge in [-0.1, -0.05) is 6.92 Å². The molecule has 0 aromatic carbocycles. The normalized spacial score (nSPS) is 32.2. The fraction of sp³-hybridized carbons (Fsp3) is 0.909. The maximum Gasteiger partial charge on any atom is 0.306 e. The minimum atomic E-state index is -0.976. The third-order valence-electron chi connectivity index (χ3n) is 3.13. The molecule has 1 saturated carbocycles. The topological polar surface area (TPSA) is 74.6 Å². The summed E-state index contributed by atoms with van der Waals surface area (Å²) < 4.78 is 11.6. The van der Waals surface area contributed by atoms with E-state index in [4.69, 9.17) is 5.11 Å². The van der Waals surface area contributed by atoms with E-state index in [-0.39, 0.29) is 5.92 Å². The van der Waals surface area contributed by atoms with E-state index in [1.807, 2.05) is 6.92 Å². The number of carbonyl (C=O) groups is 1. The van der Waals surface area contributed by atoms with Crippen molar-refractivity contribution in [2.75, 3.05) is 11.5 Å². The van der Waals surface area contributed by atoms with Gasteiger partial charge in [0.15, 0.2) is 0 Å². The Labute approximate surface area is 98.5 Å². The molecule has 0 radical (unpaired) electrons. The summed E-state index contributed by atoms with van der Waals surface area (Å²) in [7, 11) is -0.976. The molecule has 0 saturated heterocycles. The van der Waals surface area contributed by atoms with Crippen molar-refractivity contribution >= 4 is 16.8 Å². The van der Waals surface area contributed by atoms with E-state index in [9.17, 15) is 14.1 Å². The van der Waals surface area contributed by atoms with Gasteiger partial charge in [-0.05, 0) is 32.1 Å². The summed E-state index contributed by atoms with van der Waals surface area (Å²) in [4.78, 5) is 10.7. The molecule has 0 amide bonds. The molecule has 5 heteroatoms. The third-order valence-corrected chi connectivity index (χ3v) is 4.85. The highest BCUT2D eigenvalue weighted by molar-refractivity contribution is 7.85.